The molecule has 2 heterocycles. The molecule has 0 amide bonds. The average Bonchev–Trinajstić information content (AvgIpc) is 2.88. The number of nitrogen functional groups attached to an aromatic ring is 1. The fraction of sp³-hybridized carbons (Fsp3) is 0.615. The Hall–Kier alpha value is -1.89. The predicted octanol–water partition coefficient (Wildman–Crippen LogP) is 1.29. The van der Waals surface area contributed by atoms with Gasteiger partial charge in [0.2, 0.25) is 5.95 Å². The van der Waals surface area contributed by atoms with E-state index in [0.717, 1.165) is 25.7 Å². The number of hydrogen-bond donors (Lipinski definition) is 4. The quantitative estimate of drug-likeness (QED) is 0.672. The first kappa shape index (κ1) is 13.1. The van der Waals surface area contributed by atoms with Crippen molar-refractivity contribution in [1.29, 1.82) is 0 Å². The maximum absolute atomic E-state index is 10.6. The molecule has 1 aliphatic rings. The summed E-state index contributed by atoms with van der Waals surface area (Å²) in [6, 6.07) is 0. The average molecular weight is 276 g/mol. The maximum atomic E-state index is 10.6. The first-order valence-electron chi connectivity index (χ1n) is 6.99. The summed E-state index contributed by atoms with van der Waals surface area (Å²) in [5.41, 5.74) is 6.24. The number of nitrogens with zero attached hydrogens (tertiary/aromatic N) is 3. The molecule has 0 aliphatic heterocycles. The molecule has 5 N–H and O–H groups in total. The van der Waals surface area contributed by atoms with Crippen LogP contribution in [0.5, 0.6) is 0 Å². The highest BCUT2D eigenvalue weighted by atomic mass is 16.3. The standard InChI is InChI=1S/C13H20N6O/c1-8-2-4-13(20,5-3-8)6-15-10-9-11(17-7-16-9)19-12(14)18-10/h7-8,20H,2-6H2,1H3,(H4,14,15,16,17,18,19). The number of rotatable bonds is 3. The van der Waals surface area contributed by atoms with Crippen LogP contribution in [0.25, 0.3) is 11.2 Å². The van der Waals surface area contributed by atoms with Crippen molar-refractivity contribution < 1.29 is 5.11 Å². The number of imidazole rings is 1. The van der Waals surface area contributed by atoms with Crippen LogP contribution in [-0.2, 0) is 0 Å². The van der Waals surface area contributed by atoms with Crippen LogP contribution in [0, 0.1) is 5.92 Å². The number of nitrogens with two attached hydrogens (primary N) is 1. The highest BCUT2D eigenvalue weighted by Crippen LogP contribution is 2.32. The van der Waals surface area contributed by atoms with Crippen molar-refractivity contribution in [2.45, 2.75) is 38.2 Å². The van der Waals surface area contributed by atoms with Crippen LogP contribution in [0.4, 0.5) is 11.8 Å². The number of nitrogens with one attached hydrogen (secondary N) is 2. The highest BCUT2D eigenvalue weighted by molar-refractivity contribution is 5.83. The van der Waals surface area contributed by atoms with Gasteiger partial charge in [-0.1, -0.05) is 6.92 Å². The van der Waals surface area contributed by atoms with Crippen molar-refractivity contribution >= 4 is 22.9 Å². The van der Waals surface area contributed by atoms with Gasteiger partial charge in [0, 0.05) is 6.54 Å². The van der Waals surface area contributed by atoms with Crippen molar-refractivity contribution in [3.8, 4) is 0 Å². The van der Waals surface area contributed by atoms with Crippen LogP contribution in [-0.4, -0.2) is 37.2 Å². The fourth-order valence-electron chi connectivity index (χ4n) is 2.70. The van der Waals surface area contributed by atoms with Gasteiger partial charge in [-0.15, -0.1) is 0 Å². The molecule has 1 fully saturated rings. The van der Waals surface area contributed by atoms with Crippen molar-refractivity contribution in [2.24, 2.45) is 5.92 Å². The molecule has 1 saturated carbocycles. The molecule has 7 nitrogen and oxygen atoms in total. The van der Waals surface area contributed by atoms with Crippen LogP contribution in [0.15, 0.2) is 6.33 Å². The molecule has 0 radical (unpaired) electrons. The summed E-state index contributed by atoms with van der Waals surface area (Å²) < 4.78 is 0. The molecule has 0 aromatic carbocycles. The SMILES string of the molecule is CC1CCC(O)(CNc2nc(N)nc3nc[nH]c23)CC1. The van der Waals surface area contributed by atoms with Crippen molar-refractivity contribution in [3.05, 3.63) is 6.33 Å². The topological polar surface area (TPSA) is 113 Å². The summed E-state index contributed by atoms with van der Waals surface area (Å²) >= 11 is 0. The lowest BCUT2D eigenvalue weighted by Crippen LogP contribution is -2.40. The summed E-state index contributed by atoms with van der Waals surface area (Å²) in [4.78, 5) is 15.3. The van der Waals surface area contributed by atoms with Crippen LogP contribution in [0.1, 0.15) is 32.6 Å². The van der Waals surface area contributed by atoms with Crippen LogP contribution in [0.2, 0.25) is 0 Å². The number of aromatic nitrogens is 4. The number of anilines is 2. The molecule has 0 unspecified atom stereocenters. The molecule has 108 valence electrons. The second-order valence-corrected chi connectivity index (χ2v) is 5.79. The molecule has 1 aliphatic carbocycles. The monoisotopic (exact) mass is 276 g/mol. The molecule has 7 heteroatoms. The van der Waals surface area contributed by atoms with E-state index in [2.05, 4.69) is 32.2 Å². The Morgan fingerprint density at radius 3 is 2.95 bits per heavy atom. The zero-order chi connectivity index (χ0) is 14.2. The second-order valence-electron chi connectivity index (χ2n) is 5.79. The van der Waals surface area contributed by atoms with Gasteiger partial charge < -0.3 is 21.1 Å². The third kappa shape index (κ3) is 2.53. The molecule has 0 atom stereocenters. The van der Waals surface area contributed by atoms with Crippen LogP contribution in [0.3, 0.4) is 0 Å². The molecule has 2 aromatic heterocycles. The third-order valence-electron chi connectivity index (χ3n) is 4.09. The summed E-state index contributed by atoms with van der Waals surface area (Å²) in [6.45, 7) is 2.69. The van der Waals surface area contributed by atoms with E-state index in [0.29, 0.717) is 29.4 Å². The van der Waals surface area contributed by atoms with E-state index in [9.17, 15) is 5.11 Å². The minimum Gasteiger partial charge on any atom is -0.388 e. The molecular formula is C13H20N6O. The smallest absolute Gasteiger partial charge is 0.224 e. The van der Waals surface area contributed by atoms with Gasteiger partial charge in [0.15, 0.2) is 11.5 Å². The van der Waals surface area contributed by atoms with E-state index < -0.39 is 5.60 Å². The summed E-state index contributed by atoms with van der Waals surface area (Å²) in [7, 11) is 0. The molecule has 3 rings (SSSR count). The maximum Gasteiger partial charge on any atom is 0.224 e. The number of aromatic amines is 1. The lowest BCUT2D eigenvalue weighted by molar-refractivity contribution is 0.00497. The minimum atomic E-state index is -0.668. The molecule has 0 bridgehead atoms. The predicted molar refractivity (Wildman–Crippen MR) is 77.2 cm³/mol. The van der Waals surface area contributed by atoms with Gasteiger partial charge >= 0.3 is 0 Å². The number of hydrogen-bond acceptors (Lipinski definition) is 6. The molecule has 20 heavy (non-hydrogen) atoms. The van der Waals surface area contributed by atoms with Gasteiger partial charge in [0.25, 0.3) is 0 Å². The van der Waals surface area contributed by atoms with Crippen LogP contribution >= 0.6 is 0 Å². The largest absolute Gasteiger partial charge is 0.388 e. The Morgan fingerprint density at radius 2 is 2.20 bits per heavy atom. The van der Waals surface area contributed by atoms with Gasteiger partial charge in [-0.3, -0.25) is 0 Å². The Bertz CT molecular complexity index is 602. The summed E-state index contributed by atoms with van der Waals surface area (Å²) in [6.07, 6.45) is 5.30. The molecule has 0 saturated heterocycles. The van der Waals surface area contributed by atoms with E-state index in [1.165, 1.54) is 0 Å². The zero-order valence-electron chi connectivity index (χ0n) is 11.6. The Labute approximate surface area is 117 Å². The first-order valence-corrected chi connectivity index (χ1v) is 6.99. The number of aliphatic hydroxyl groups is 1. The van der Waals surface area contributed by atoms with Gasteiger partial charge in [-0.2, -0.15) is 9.97 Å². The Morgan fingerprint density at radius 1 is 1.45 bits per heavy atom. The van der Waals surface area contributed by atoms with Crippen LogP contribution < -0.4 is 11.1 Å². The summed E-state index contributed by atoms with van der Waals surface area (Å²) in [5, 5.41) is 13.8. The molecular weight excluding hydrogens is 256 g/mol. The third-order valence-corrected chi connectivity index (χ3v) is 4.09. The minimum absolute atomic E-state index is 0.177. The van der Waals surface area contributed by atoms with E-state index in [-0.39, 0.29) is 5.95 Å². The van der Waals surface area contributed by atoms with E-state index >= 15 is 0 Å². The highest BCUT2D eigenvalue weighted by Gasteiger charge is 2.31. The van der Waals surface area contributed by atoms with E-state index in [4.69, 9.17) is 5.73 Å². The van der Waals surface area contributed by atoms with Crippen molar-refractivity contribution in [2.75, 3.05) is 17.6 Å². The fourth-order valence-corrected chi connectivity index (χ4v) is 2.70. The Balaban J connectivity index is 1.75. The Kier molecular flexibility index (Phi) is 3.21. The lowest BCUT2D eigenvalue weighted by atomic mass is 9.79. The lowest BCUT2D eigenvalue weighted by Gasteiger charge is -2.35. The first-order chi connectivity index (χ1) is 9.56. The van der Waals surface area contributed by atoms with E-state index in [1.807, 2.05) is 0 Å². The van der Waals surface area contributed by atoms with Gasteiger partial charge in [-0.05, 0) is 31.6 Å². The van der Waals surface area contributed by atoms with Gasteiger partial charge in [-0.25, -0.2) is 4.98 Å². The molecule has 0 spiro atoms. The summed E-state index contributed by atoms with van der Waals surface area (Å²) in [5.74, 6) is 1.47. The molecule has 2 aromatic rings. The zero-order valence-corrected chi connectivity index (χ0v) is 11.6. The van der Waals surface area contributed by atoms with Crippen molar-refractivity contribution in [3.63, 3.8) is 0 Å². The van der Waals surface area contributed by atoms with Gasteiger partial charge in [0.1, 0.15) is 5.52 Å². The number of H-pyrrole nitrogens is 1. The van der Waals surface area contributed by atoms with Crippen molar-refractivity contribution in [1.82, 2.24) is 19.9 Å². The van der Waals surface area contributed by atoms with Gasteiger partial charge in [0.05, 0.1) is 11.9 Å². The normalized spacial score (nSPS) is 26.8. The second kappa shape index (κ2) is 4.90. The number of fused-ring (bicyclic) bond motifs is 1. The van der Waals surface area contributed by atoms with E-state index in [1.54, 1.807) is 6.33 Å².